The highest BCUT2D eigenvalue weighted by Crippen LogP contribution is 2.45. The molecule has 6 heteroatoms. The minimum atomic E-state index is -0.838. The van der Waals surface area contributed by atoms with Crippen molar-refractivity contribution >= 4 is 23.8 Å². The lowest BCUT2D eigenvalue weighted by molar-refractivity contribution is -0.128. The molecule has 1 amide bonds. The van der Waals surface area contributed by atoms with Crippen molar-refractivity contribution in [3.8, 4) is 0 Å². The van der Waals surface area contributed by atoms with Gasteiger partial charge in [-0.3, -0.25) is 14.8 Å². The predicted octanol–water partition coefficient (Wildman–Crippen LogP) is 4.67. The molecule has 1 aromatic carbocycles. The van der Waals surface area contributed by atoms with E-state index in [2.05, 4.69) is 29.0 Å². The Bertz CT molecular complexity index is 911. The quantitative estimate of drug-likeness (QED) is 0.618. The molecule has 2 aromatic rings. The van der Waals surface area contributed by atoms with Crippen LogP contribution in [0.15, 0.2) is 53.8 Å². The number of aliphatic imine (C=N–C) groups is 1. The van der Waals surface area contributed by atoms with Gasteiger partial charge in [0, 0.05) is 30.5 Å². The van der Waals surface area contributed by atoms with E-state index in [-0.39, 0.29) is 11.9 Å². The van der Waals surface area contributed by atoms with Gasteiger partial charge in [-0.1, -0.05) is 37.6 Å². The number of benzene rings is 1. The average Bonchev–Trinajstić information content (AvgIpc) is 3.50. The Morgan fingerprint density at radius 1 is 1.19 bits per heavy atom. The molecule has 164 valence electrons. The number of carbonyl (C=O) groups is 1. The Morgan fingerprint density at radius 2 is 1.90 bits per heavy atom. The SMILES string of the molecule is CC(C)C[C@]1(C(=O)NCCc2ccncc2)N=CN(CC2CC2)[C@H]1c1ccc(Cl)cc1. The zero-order chi connectivity index (χ0) is 21.8. The van der Waals surface area contributed by atoms with E-state index in [9.17, 15) is 4.79 Å². The van der Waals surface area contributed by atoms with E-state index < -0.39 is 5.54 Å². The number of nitrogens with one attached hydrogen (secondary N) is 1. The molecule has 0 unspecified atom stereocenters. The highest BCUT2D eigenvalue weighted by Gasteiger charge is 2.52. The summed E-state index contributed by atoms with van der Waals surface area (Å²) in [7, 11) is 0. The molecule has 1 N–H and O–H groups in total. The van der Waals surface area contributed by atoms with Gasteiger partial charge in [-0.2, -0.15) is 0 Å². The van der Waals surface area contributed by atoms with Crippen molar-refractivity contribution in [2.75, 3.05) is 13.1 Å². The molecule has 5 nitrogen and oxygen atoms in total. The first-order valence-electron chi connectivity index (χ1n) is 11.2. The van der Waals surface area contributed by atoms with Crippen molar-refractivity contribution in [2.24, 2.45) is 16.8 Å². The fraction of sp³-hybridized carbons (Fsp3) is 0.480. The Balaban J connectivity index is 1.59. The first kappa shape index (κ1) is 21.8. The molecule has 2 heterocycles. The Kier molecular flexibility index (Phi) is 6.61. The molecule has 1 aromatic heterocycles. The lowest BCUT2D eigenvalue weighted by Gasteiger charge is -2.38. The van der Waals surface area contributed by atoms with Crippen LogP contribution in [0.25, 0.3) is 0 Å². The largest absolute Gasteiger partial charge is 0.354 e. The van der Waals surface area contributed by atoms with Crippen LogP contribution in [0.1, 0.15) is 50.3 Å². The Morgan fingerprint density at radius 3 is 2.55 bits per heavy atom. The highest BCUT2D eigenvalue weighted by atomic mass is 35.5. The number of hydrogen-bond donors (Lipinski definition) is 1. The van der Waals surface area contributed by atoms with Crippen LogP contribution in [0, 0.1) is 11.8 Å². The standard InChI is InChI=1S/C25H31ClN4O/c1-18(2)15-25(24(31)28-14-11-19-9-12-27-13-10-19)23(21-5-7-22(26)8-6-21)30(17-29-25)16-20-3-4-20/h5-10,12-13,17-18,20,23H,3-4,11,14-16H2,1-2H3,(H,28,31)/t23-,25-/m0/s1. The molecule has 1 saturated carbocycles. The molecule has 31 heavy (non-hydrogen) atoms. The van der Waals surface area contributed by atoms with Gasteiger partial charge in [0.15, 0.2) is 5.54 Å². The van der Waals surface area contributed by atoms with E-state index >= 15 is 0 Å². The number of amides is 1. The first-order valence-corrected chi connectivity index (χ1v) is 11.6. The summed E-state index contributed by atoms with van der Waals surface area (Å²) in [5.74, 6) is 1.04. The molecule has 2 aliphatic rings. The summed E-state index contributed by atoms with van der Waals surface area (Å²) in [5, 5.41) is 3.90. The summed E-state index contributed by atoms with van der Waals surface area (Å²) in [6, 6.07) is 11.8. The lowest BCUT2D eigenvalue weighted by atomic mass is 9.78. The molecule has 0 bridgehead atoms. The number of rotatable bonds is 9. The van der Waals surface area contributed by atoms with E-state index in [0.717, 1.165) is 24.1 Å². The molecule has 1 fully saturated rings. The van der Waals surface area contributed by atoms with Gasteiger partial charge in [0.2, 0.25) is 0 Å². The van der Waals surface area contributed by atoms with Crippen molar-refractivity contribution in [1.29, 1.82) is 0 Å². The molecular weight excluding hydrogens is 408 g/mol. The number of nitrogens with zero attached hydrogens (tertiary/aromatic N) is 3. The molecule has 1 aliphatic heterocycles. The number of aromatic nitrogens is 1. The van der Waals surface area contributed by atoms with E-state index in [4.69, 9.17) is 16.6 Å². The van der Waals surface area contributed by atoms with Crippen LogP contribution in [0.5, 0.6) is 0 Å². The van der Waals surface area contributed by atoms with Gasteiger partial charge in [0.05, 0.1) is 12.4 Å². The zero-order valence-corrected chi connectivity index (χ0v) is 19.1. The smallest absolute Gasteiger partial charge is 0.250 e. The van der Waals surface area contributed by atoms with E-state index in [1.807, 2.05) is 42.7 Å². The number of carbonyl (C=O) groups excluding carboxylic acids is 1. The van der Waals surface area contributed by atoms with Crippen LogP contribution in [-0.2, 0) is 11.2 Å². The maximum atomic E-state index is 13.7. The second-order valence-electron chi connectivity index (χ2n) is 9.22. The molecule has 1 aliphatic carbocycles. The van der Waals surface area contributed by atoms with Gasteiger partial charge >= 0.3 is 0 Å². The summed E-state index contributed by atoms with van der Waals surface area (Å²) < 4.78 is 0. The van der Waals surface area contributed by atoms with Crippen LogP contribution in [0.2, 0.25) is 5.02 Å². The average molecular weight is 439 g/mol. The molecular formula is C25H31ClN4O. The summed E-state index contributed by atoms with van der Waals surface area (Å²) in [5.41, 5.74) is 1.41. The van der Waals surface area contributed by atoms with Gasteiger partial charge in [0.25, 0.3) is 5.91 Å². The molecule has 4 rings (SSSR count). The maximum absolute atomic E-state index is 13.7. The van der Waals surface area contributed by atoms with E-state index in [1.54, 1.807) is 12.4 Å². The number of pyridine rings is 1. The van der Waals surface area contributed by atoms with Gasteiger partial charge in [-0.25, -0.2) is 0 Å². The van der Waals surface area contributed by atoms with Gasteiger partial charge < -0.3 is 10.2 Å². The third-order valence-electron chi connectivity index (χ3n) is 6.13. The second-order valence-corrected chi connectivity index (χ2v) is 9.66. The fourth-order valence-corrected chi connectivity index (χ4v) is 4.66. The van der Waals surface area contributed by atoms with Crippen molar-refractivity contribution in [3.63, 3.8) is 0 Å². The van der Waals surface area contributed by atoms with Crippen molar-refractivity contribution < 1.29 is 4.79 Å². The van der Waals surface area contributed by atoms with Crippen LogP contribution < -0.4 is 5.32 Å². The lowest BCUT2D eigenvalue weighted by Crippen LogP contribution is -2.52. The number of hydrogen-bond acceptors (Lipinski definition) is 4. The maximum Gasteiger partial charge on any atom is 0.250 e. The predicted molar refractivity (Wildman–Crippen MR) is 125 cm³/mol. The number of halogens is 1. The normalized spacial score (nSPS) is 22.8. The fourth-order valence-electron chi connectivity index (χ4n) is 4.54. The summed E-state index contributed by atoms with van der Waals surface area (Å²) in [6.45, 7) is 5.84. The second kappa shape index (κ2) is 9.39. The van der Waals surface area contributed by atoms with Crippen molar-refractivity contribution in [3.05, 3.63) is 64.9 Å². The minimum absolute atomic E-state index is 0.00440. The highest BCUT2D eigenvalue weighted by molar-refractivity contribution is 6.30. The molecule has 0 saturated heterocycles. The first-order chi connectivity index (χ1) is 15.0. The monoisotopic (exact) mass is 438 g/mol. The van der Waals surface area contributed by atoms with E-state index in [0.29, 0.717) is 29.8 Å². The van der Waals surface area contributed by atoms with E-state index in [1.165, 1.54) is 12.8 Å². The molecule has 0 radical (unpaired) electrons. The summed E-state index contributed by atoms with van der Waals surface area (Å²) >= 11 is 6.17. The van der Waals surface area contributed by atoms with Gasteiger partial charge in [-0.15, -0.1) is 0 Å². The molecule has 2 atom stereocenters. The third-order valence-corrected chi connectivity index (χ3v) is 6.39. The zero-order valence-electron chi connectivity index (χ0n) is 18.3. The topological polar surface area (TPSA) is 57.6 Å². The summed E-state index contributed by atoms with van der Waals surface area (Å²) in [6.07, 6.45) is 9.46. The van der Waals surface area contributed by atoms with Crippen LogP contribution >= 0.6 is 11.6 Å². The minimum Gasteiger partial charge on any atom is -0.354 e. The van der Waals surface area contributed by atoms with Crippen LogP contribution in [-0.4, -0.2) is 40.8 Å². The van der Waals surface area contributed by atoms with Crippen LogP contribution in [0.4, 0.5) is 0 Å². The van der Waals surface area contributed by atoms with Gasteiger partial charge in [0.1, 0.15) is 0 Å². The third kappa shape index (κ3) is 5.09. The summed E-state index contributed by atoms with van der Waals surface area (Å²) in [4.78, 5) is 25.0. The Hall–Kier alpha value is -2.40. The van der Waals surface area contributed by atoms with Crippen LogP contribution in [0.3, 0.4) is 0 Å². The van der Waals surface area contributed by atoms with Gasteiger partial charge in [-0.05, 0) is 72.9 Å². The molecule has 0 spiro atoms. The van der Waals surface area contributed by atoms with Crippen molar-refractivity contribution in [2.45, 2.75) is 51.1 Å². The van der Waals surface area contributed by atoms with Crippen molar-refractivity contribution in [1.82, 2.24) is 15.2 Å². The Labute approximate surface area is 189 Å².